The van der Waals surface area contributed by atoms with Crippen LogP contribution in [0.3, 0.4) is 0 Å². The average molecular weight is 128 g/mol. The van der Waals surface area contributed by atoms with Crippen molar-refractivity contribution in [3.8, 4) is 0 Å². The van der Waals surface area contributed by atoms with E-state index >= 15 is 0 Å². The van der Waals surface area contributed by atoms with Crippen LogP contribution in [0, 0.1) is 0 Å². The molecular weight excluding hydrogens is 116 g/mol. The minimum atomic E-state index is 0. The number of ether oxygens (including phenoxy) is 1. The number of hydrogen-bond donors (Lipinski definition) is 1. The topological polar surface area (TPSA) is 37.9 Å². The van der Waals surface area contributed by atoms with Crippen molar-refractivity contribution in [1.29, 1.82) is 0 Å². The van der Waals surface area contributed by atoms with Crippen LogP contribution in [0.2, 0.25) is 0 Å². The van der Waals surface area contributed by atoms with Gasteiger partial charge in [-0.2, -0.15) is 0 Å². The molecule has 0 aliphatic rings. The van der Waals surface area contributed by atoms with Gasteiger partial charge in [-0.15, -0.1) is 0 Å². The summed E-state index contributed by atoms with van der Waals surface area (Å²) in [5.74, 6) is 0. The number of H-pyrrole nitrogens is 1. The largest absolute Gasteiger partial charge is 0.375 e. The smallest absolute Gasteiger partial charge is 0.0922 e. The standard InChI is InChI=1S/C6H10N2O.H2/c1-2-9-4-6-3-7-5-8-6;/h3,5H,2,4H2,1H3,(H,7,8);1H. The second kappa shape index (κ2) is 3.25. The maximum absolute atomic E-state index is 5.11. The molecule has 0 unspecified atom stereocenters. The summed E-state index contributed by atoms with van der Waals surface area (Å²) in [4.78, 5) is 6.78. The molecule has 1 aromatic rings. The lowest BCUT2D eigenvalue weighted by Crippen LogP contribution is -1.90. The van der Waals surface area contributed by atoms with Crippen molar-refractivity contribution >= 4 is 0 Å². The summed E-state index contributed by atoms with van der Waals surface area (Å²) in [7, 11) is 0. The van der Waals surface area contributed by atoms with E-state index in [9.17, 15) is 0 Å². The van der Waals surface area contributed by atoms with Crippen molar-refractivity contribution in [2.45, 2.75) is 13.5 Å². The summed E-state index contributed by atoms with van der Waals surface area (Å²) < 4.78 is 5.11. The molecule has 0 saturated carbocycles. The van der Waals surface area contributed by atoms with E-state index in [1.807, 2.05) is 6.92 Å². The molecule has 1 N–H and O–H groups in total. The molecule has 0 saturated heterocycles. The van der Waals surface area contributed by atoms with Crippen LogP contribution >= 0.6 is 0 Å². The first-order chi connectivity index (χ1) is 4.43. The molecule has 3 nitrogen and oxygen atoms in total. The van der Waals surface area contributed by atoms with Gasteiger partial charge in [-0.05, 0) is 6.92 Å². The maximum atomic E-state index is 5.11. The van der Waals surface area contributed by atoms with Crippen LogP contribution < -0.4 is 0 Å². The predicted molar refractivity (Wildman–Crippen MR) is 36.0 cm³/mol. The van der Waals surface area contributed by atoms with Gasteiger partial charge < -0.3 is 9.72 Å². The fourth-order valence-corrected chi connectivity index (χ4v) is 0.576. The number of rotatable bonds is 3. The number of imidazole rings is 1. The molecule has 9 heavy (non-hydrogen) atoms. The molecule has 0 bridgehead atoms. The Morgan fingerprint density at radius 2 is 2.78 bits per heavy atom. The molecule has 0 atom stereocenters. The van der Waals surface area contributed by atoms with Crippen molar-refractivity contribution < 1.29 is 6.16 Å². The zero-order valence-corrected chi connectivity index (χ0v) is 5.42. The van der Waals surface area contributed by atoms with Crippen LogP contribution in [-0.2, 0) is 11.3 Å². The van der Waals surface area contributed by atoms with Crippen molar-refractivity contribution in [1.82, 2.24) is 9.97 Å². The van der Waals surface area contributed by atoms with Gasteiger partial charge in [-0.1, -0.05) is 0 Å². The molecule has 52 valence electrons. The number of hydrogen-bond acceptors (Lipinski definition) is 2. The van der Waals surface area contributed by atoms with E-state index < -0.39 is 0 Å². The summed E-state index contributed by atoms with van der Waals surface area (Å²) in [6.45, 7) is 3.35. The number of aromatic amines is 1. The Labute approximate surface area is 55.6 Å². The predicted octanol–water partition coefficient (Wildman–Crippen LogP) is 1.19. The van der Waals surface area contributed by atoms with E-state index in [0.717, 1.165) is 12.3 Å². The van der Waals surface area contributed by atoms with E-state index in [1.54, 1.807) is 12.5 Å². The summed E-state index contributed by atoms with van der Waals surface area (Å²) in [6.07, 6.45) is 3.41. The Hall–Kier alpha value is -0.830. The molecule has 0 spiro atoms. The Bertz CT molecular complexity index is 153. The van der Waals surface area contributed by atoms with Gasteiger partial charge >= 0.3 is 0 Å². The number of aromatic nitrogens is 2. The minimum absolute atomic E-state index is 0. The van der Waals surface area contributed by atoms with Gasteiger partial charge in [0, 0.05) is 8.03 Å². The van der Waals surface area contributed by atoms with Gasteiger partial charge in [-0.3, -0.25) is 0 Å². The average Bonchev–Trinajstić information content (AvgIpc) is 2.34. The van der Waals surface area contributed by atoms with Crippen molar-refractivity contribution in [2.24, 2.45) is 0 Å². The quantitative estimate of drug-likeness (QED) is 0.664. The molecule has 1 rings (SSSR count). The highest BCUT2D eigenvalue weighted by atomic mass is 16.5. The van der Waals surface area contributed by atoms with Gasteiger partial charge in [0.25, 0.3) is 0 Å². The highest BCUT2D eigenvalue weighted by Gasteiger charge is 1.89. The highest BCUT2D eigenvalue weighted by molar-refractivity contribution is 4.90. The van der Waals surface area contributed by atoms with Gasteiger partial charge in [0.1, 0.15) is 0 Å². The molecule has 0 radical (unpaired) electrons. The Morgan fingerprint density at radius 3 is 3.33 bits per heavy atom. The summed E-state index contributed by atoms with van der Waals surface area (Å²) in [5.41, 5.74) is 1.02. The zero-order chi connectivity index (χ0) is 6.53. The van der Waals surface area contributed by atoms with Crippen molar-refractivity contribution in [2.75, 3.05) is 6.61 Å². The van der Waals surface area contributed by atoms with Gasteiger partial charge in [0.15, 0.2) is 0 Å². The Morgan fingerprint density at radius 1 is 1.89 bits per heavy atom. The first kappa shape index (κ1) is 6.29. The molecule has 0 fully saturated rings. The van der Waals surface area contributed by atoms with E-state index in [-0.39, 0.29) is 1.43 Å². The summed E-state index contributed by atoms with van der Waals surface area (Å²) in [5, 5.41) is 0. The van der Waals surface area contributed by atoms with Gasteiger partial charge in [0.05, 0.1) is 24.8 Å². The number of nitrogens with one attached hydrogen (secondary N) is 1. The molecule has 0 aliphatic heterocycles. The summed E-state index contributed by atoms with van der Waals surface area (Å²) in [6, 6.07) is 0. The van der Waals surface area contributed by atoms with Gasteiger partial charge in [-0.25, -0.2) is 4.98 Å². The first-order valence-corrected chi connectivity index (χ1v) is 2.98. The molecule has 0 amide bonds. The maximum Gasteiger partial charge on any atom is 0.0922 e. The van der Waals surface area contributed by atoms with E-state index in [4.69, 9.17) is 4.74 Å². The molecule has 0 aromatic carbocycles. The lowest BCUT2D eigenvalue weighted by molar-refractivity contribution is 0.131. The van der Waals surface area contributed by atoms with Crippen LogP contribution in [0.25, 0.3) is 0 Å². The highest BCUT2D eigenvalue weighted by Crippen LogP contribution is 1.92. The lowest BCUT2D eigenvalue weighted by Gasteiger charge is -1.94. The zero-order valence-electron chi connectivity index (χ0n) is 5.42. The van der Waals surface area contributed by atoms with Crippen LogP contribution in [0.5, 0.6) is 0 Å². The van der Waals surface area contributed by atoms with Crippen molar-refractivity contribution in [3.63, 3.8) is 0 Å². The van der Waals surface area contributed by atoms with Crippen LogP contribution in [0.15, 0.2) is 12.5 Å². The SMILES string of the molecule is CCOCc1cnc[nH]1.[HH]. The third-order valence-electron chi connectivity index (χ3n) is 1.02. The first-order valence-electron chi connectivity index (χ1n) is 2.98. The van der Waals surface area contributed by atoms with Gasteiger partial charge in [0.2, 0.25) is 0 Å². The van der Waals surface area contributed by atoms with Crippen LogP contribution in [0.1, 0.15) is 14.0 Å². The second-order valence-electron chi connectivity index (χ2n) is 1.71. The lowest BCUT2D eigenvalue weighted by atomic mass is 10.5. The molecular formula is C6H12N2O. The number of nitrogens with zero attached hydrogens (tertiary/aromatic N) is 1. The summed E-state index contributed by atoms with van der Waals surface area (Å²) >= 11 is 0. The molecule has 3 heteroatoms. The van der Waals surface area contributed by atoms with E-state index in [1.165, 1.54) is 0 Å². The normalized spacial score (nSPS) is 9.89. The second-order valence-corrected chi connectivity index (χ2v) is 1.71. The van der Waals surface area contributed by atoms with E-state index in [2.05, 4.69) is 9.97 Å². The Balaban J connectivity index is 0.000000810. The van der Waals surface area contributed by atoms with E-state index in [0.29, 0.717) is 6.61 Å². The molecule has 0 aliphatic carbocycles. The monoisotopic (exact) mass is 128 g/mol. The third kappa shape index (κ3) is 1.85. The van der Waals surface area contributed by atoms with Crippen molar-refractivity contribution in [3.05, 3.63) is 18.2 Å². The fourth-order valence-electron chi connectivity index (χ4n) is 0.576. The fraction of sp³-hybridized carbons (Fsp3) is 0.500. The van der Waals surface area contributed by atoms with Crippen LogP contribution in [-0.4, -0.2) is 16.6 Å². The molecule has 1 aromatic heterocycles. The van der Waals surface area contributed by atoms with Crippen LogP contribution in [0.4, 0.5) is 0 Å². The molecule has 1 heterocycles. The third-order valence-corrected chi connectivity index (χ3v) is 1.02. The Kier molecular flexibility index (Phi) is 2.27. The minimum Gasteiger partial charge on any atom is -0.375 e.